The lowest BCUT2D eigenvalue weighted by atomic mass is 9.57. The van der Waals surface area contributed by atoms with E-state index in [0.717, 1.165) is 18.3 Å². The first kappa shape index (κ1) is 13.4. The van der Waals surface area contributed by atoms with Crippen molar-refractivity contribution in [2.75, 3.05) is 0 Å². The predicted molar refractivity (Wildman–Crippen MR) is 86.5 cm³/mol. The van der Waals surface area contributed by atoms with Crippen LogP contribution in [0.4, 0.5) is 0 Å². The number of benzene rings is 1. The first-order valence-electron chi connectivity index (χ1n) is 8.65. The minimum absolute atomic E-state index is 0.415. The monoisotopic (exact) mass is 282 g/mol. The summed E-state index contributed by atoms with van der Waals surface area (Å²) in [6.07, 6.45) is 10.3. The van der Waals surface area contributed by atoms with E-state index < -0.39 is 0 Å². The van der Waals surface area contributed by atoms with Gasteiger partial charge in [0.25, 0.3) is 0 Å². The number of rotatable bonds is 1. The van der Waals surface area contributed by atoms with E-state index in [1.54, 1.807) is 5.57 Å². The number of phenols is 1. The van der Waals surface area contributed by atoms with Gasteiger partial charge in [0.15, 0.2) is 0 Å². The number of fused-ring (bicyclic) bond motifs is 5. The zero-order valence-corrected chi connectivity index (χ0v) is 13.2. The Kier molecular flexibility index (Phi) is 2.96. The van der Waals surface area contributed by atoms with Crippen molar-refractivity contribution in [2.45, 2.75) is 58.3 Å². The Morgan fingerprint density at radius 3 is 2.90 bits per heavy atom. The van der Waals surface area contributed by atoms with E-state index in [1.165, 1.54) is 43.2 Å². The Morgan fingerprint density at radius 1 is 1.24 bits per heavy atom. The third-order valence-corrected chi connectivity index (χ3v) is 6.86. The van der Waals surface area contributed by atoms with Crippen LogP contribution < -0.4 is 0 Å². The van der Waals surface area contributed by atoms with Gasteiger partial charge in [-0.1, -0.05) is 38.0 Å². The first-order chi connectivity index (χ1) is 10.1. The van der Waals surface area contributed by atoms with Gasteiger partial charge in [0.05, 0.1) is 0 Å². The van der Waals surface area contributed by atoms with Crippen LogP contribution in [0.5, 0.6) is 5.75 Å². The molecule has 21 heavy (non-hydrogen) atoms. The van der Waals surface area contributed by atoms with Crippen LogP contribution >= 0.6 is 0 Å². The summed E-state index contributed by atoms with van der Waals surface area (Å²) in [4.78, 5) is 0. The van der Waals surface area contributed by atoms with Crippen LogP contribution in [0.2, 0.25) is 0 Å². The molecule has 2 saturated carbocycles. The Bertz CT molecular complexity index is 600. The molecule has 3 aliphatic rings. The maximum atomic E-state index is 9.72. The lowest BCUT2D eigenvalue weighted by Gasteiger charge is -2.47. The van der Waals surface area contributed by atoms with Crippen LogP contribution in [0.25, 0.3) is 0 Å². The standard InChI is InChI=1S/C20H26O/c1-3-14-5-9-19-18-7-4-13-12-15(21)6-8-16(13)17(18)10-11-20(14,19)2/h6-8,12,14,17,19,21H,3-5,9-11H2,1-2H3. The lowest BCUT2D eigenvalue weighted by Crippen LogP contribution is -2.37. The van der Waals surface area contributed by atoms with Crippen LogP contribution in [-0.2, 0) is 6.42 Å². The van der Waals surface area contributed by atoms with Crippen molar-refractivity contribution >= 4 is 0 Å². The SMILES string of the molecule is CCC1CCC2C3=CCc4cc(O)ccc4C3CCC12C. The van der Waals surface area contributed by atoms with Gasteiger partial charge in [0, 0.05) is 5.92 Å². The molecule has 4 unspecified atom stereocenters. The zero-order chi connectivity index (χ0) is 14.6. The van der Waals surface area contributed by atoms with Gasteiger partial charge in [0.2, 0.25) is 0 Å². The second-order valence-electron chi connectivity index (χ2n) is 7.62. The highest BCUT2D eigenvalue weighted by Crippen LogP contribution is 2.62. The van der Waals surface area contributed by atoms with E-state index in [0.29, 0.717) is 17.1 Å². The van der Waals surface area contributed by atoms with Crippen molar-refractivity contribution in [3.63, 3.8) is 0 Å². The molecule has 0 amide bonds. The van der Waals surface area contributed by atoms with Crippen LogP contribution in [0.3, 0.4) is 0 Å². The molecule has 4 rings (SSSR count). The molecule has 0 aromatic heterocycles. The summed E-state index contributed by atoms with van der Waals surface area (Å²) >= 11 is 0. The van der Waals surface area contributed by atoms with Gasteiger partial charge in [-0.25, -0.2) is 0 Å². The smallest absolute Gasteiger partial charge is 0.115 e. The van der Waals surface area contributed by atoms with Crippen LogP contribution in [0.1, 0.15) is 63.0 Å². The molecule has 1 heteroatoms. The molecule has 1 N–H and O–H groups in total. The molecule has 0 aliphatic heterocycles. The molecule has 3 aliphatic carbocycles. The third kappa shape index (κ3) is 1.82. The molecule has 1 aromatic carbocycles. The van der Waals surface area contributed by atoms with Crippen molar-refractivity contribution in [1.82, 2.24) is 0 Å². The highest BCUT2D eigenvalue weighted by atomic mass is 16.3. The molecule has 112 valence electrons. The molecule has 0 radical (unpaired) electrons. The Morgan fingerprint density at radius 2 is 2.10 bits per heavy atom. The van der Waals surface area contributed by atoms with Gasteiger partial charge in [-0.2, -0.15) is 0 Å². The minimum atomic E-state index is 0.415. The molecule has 1 aromatic rings. The second-order valence-corrected chi connectivity index (χ2v) is 7.62. The largest absolute Gasteiger partial charge is 0.508 e. The fourth-order valence-corrected chi connectivity index (χ4v) is 5.73. The third-order valence-electron chi connectivity index (χ3n) is 6.86. The molecule has 0 spiro atoms. The van der Waals surface area contributed by atoms with Crippen molar-refractivity contribution in [3.05, 3.63) is 41.0 Å². The summed E-state index contributed by atoms with van der Waals surface area (Å²) in [5, 5.41) is 9.72. The quantitative estimate of drug-likeness (QED) is 0.702. The van der Waals surface area contributed by atoms with Crippen molar-refractivity contribution in [1.29, 1.82) is 0 Å². The zero-order valence-electron chi connectivity index (χ0n) is 13.2. The fraction of sp³-hybridized carbons (Fsp3) is 0.600. The fourth-order valence-electron chi connectivity index (χ4n) is 5.73. The normalized spacial score (nSPS) is 37.4. The van der Waals surface area contributed by atoms with Gasteiger partial charge in [-0.3, -0.25) is 0 Å². The predicted octanol–water partition coefficient (Wildman–Crippen LogP) is 5.19. The number of hydrogen-bond acceptors (Lipinski definition) is 1. The number of hydrogen-bond donors (Lipinski definition) is 1. The van der Waals surface area contributed by atoms with E-state index >= 15 is 0 Å². The van der Waals surface area contributed by atoms with Crippen molar-refractivity contribution in [2.24, 2.45) is 17.3 Å². The van der Waals surface area contributed by atoms with E-state index in [-0.39, 0.29) is 0 Å². The Balaban J connectivity index is 1.73. The first-order valence-corrected chi connectivity index (χ1v) is 8.65. The van der Waals surface area contributed by atoms with Crippen molar-refractivity contribution < 1.29 is 5.11 Å². The molecule has 2 fully saturated rings. The highest BCUT2D eigenvalue weighted by Gasteiger charge is 2.51. The van der Waals surface area contributed by atoms with Gasteiger partial charge in [-0.15, -0.1) is 0 Å². The Labute approximate surface area is 128 Å². The van der Waals surface area contributed by atoms with Crippen LogP contribution in [0.15, 0.2) is 29.8 Å². The Hall–Kier alpha value is -1.24. The maximum absolute atomic E-state index is 9.72. The molecule has 1 nitrogen and oxygen atoms in total. The molecule has 0 bridgehead atoms. The van der Waals surface area contributed by atoms with E-state index in [9.17, 15) is 5.11 Å². The summed E-state index contributed by atoms with van der Waals surface area (Å²) in [7, 11) is 0. The molecule has 0 saturated heterocycles. The van der Waals surface area contributed by atoms with Gasteiger partial charge >= 0.3 is 0 Å². The van der Waals surface area contributed by atoms with E-state index in [4.69, 9.17) is 0 Å². The molecule has 4 atom stereocenters. The molecule has 0 heterocycles. The summed E-state index contributed by atoms with van der Waals surface area (Å²) < 4.78 is 0. The average molecular weight is 282 g/mol. The van der Waals surface area contributed by atoms with Gasteiger partial charge < -0.3 is 5.11 Å². The topological polar surface area (TPSA) is 20.2 Å². The number of aromatic hydroxyl groups is 1. The van der Waals surface area contributed by atoms with Crippen LogP contribution in [-0.4, -0.2) is 5.11 Å². The molecular weight excluding hydrogens is 256 g/mol. The van der Waals surface area contributed by atoms with Gasteiger partial charge in [-0.05, 0) is 72.6 Å². The number of phenolic OH excluding ortho intramolecular Hbond substituents is 1. The summed E-state index contributed by atoms with van der Waals surface area (Å²) in [6, 6.07) is 6.02. The maximum Gasteiger partial charge on any atom is 0.115 e. The number of allylic oxidation sites excluding steroid dienone is 2. The summed E-state index contributed by atoms with van der Waals surface area (Å²) in [5.41, 5.74) is 5.12. The summed E-state index contributed by atoms with van der Waals surface area (Å²) in [6.45, 7) is 4.93. The van der Waals surface area contributed by atoms with Crippen molar-refractivity contribution in [3.8, 4) is 5.75 Å². The van der Waals surface area contributed by atoms with Gasteiger partial charge in [0.1, 0.15) is 5.75 Å². The lowest BCUT2D eigenvalue weighted by molar-refractivity contribution is 0.124. The minimum Gasteiger partial charge on any atom is -0.508 e. The average Bonchev–Trinajstić information content (AvgIpc) is 2.83. The highest BCUT2D eigenvalue weighted by molar-refractivity contribution is 5.47. The second kappa shape index (κ2) is 4.63. The molecular formula is C20H26O. The van der Waals surface area contributed by atoms with E-state index in [1.807, 2.05) is 12.1 Å². The van der Waals surface area contributed by atoms with Crippen LogP contribution in [0, 0.1) is 17.3 Å². The van der Waals surface area contributed by atoms with E-state index in [2.05, 4.69) is 26.0 Å². The summed E-state index contributed by atoms with van der Waals surface area (Å²) in [5.74, 6) is 2.77.